The molecule has 2 unspecified atom stereocenters. The van der Waals surface area contributed by atoms with Crippen LogP contribution < -0.4 is 16.2 Å². The first kappa shape index (κ1) is 17.5. The molecule has 5 nitrogen and oxygen atoms in total. The molecule has 2 aromatic carbocycles. The van der Waals surface area contributed by atoms with E-state index in [4.69, 9.17) is 0 Å². The van der Waals surface area contributed by atoms with E-state index in [1.807, 2.05) is 58.0 Å². The molecule has 1 saturated heterocycles. The van der Waals surface area contributed by atoms with Gasteiger partial charge in [0.15, 0.2) is 0 Å². The summed E-state index contributed by atoms with van der Waals surface area (Å²) in [5.74, 6) is 0.219. The van der Waals surface area contributed by atoms with Gasteiger partial charge in [-0.05, 0) is 50.8 Å². The van der Waals surface area contributed by atoms with Crippen LogP contribution in [-0.2, 0) is 4.79 Å². The van der Waals surface area contributed by atoms with Gasteiger partial charge in [0, 0.05) is 11.3 Å². The number of nitrogens with one attached hydrogen (secondary N) is 3. The zero-order chi connectivity index (χ0) is 18.1. The molecule has 1 fully saturated rings. The Morgan fingerprint density at radius 3 is 2.44 bits per heavy atom. The fourth-order valence-corrected chi connectivity index (χ4v) is 3.41. The van der Waals surface area contributed by atoms with Crippen LogP contribution in [0.15, 0.2) is 30.3 Å². The number of rotatable bonds is 3. The van der Waals surface area contributed by atoms with E-state index in [1.54, 1.807) is 0 Å². The van der Waals surface area contributed by atoms with Gasteiger partial charge in [-0.1, -0.05) is 35.9 Å². The van der Waals surface area contributed by atoms with Gasteiger partial charge in [-0.25, -0.2) is 10.9 Å². The largest absolute Gasteiger partial charge is 0.507 e. The molecule has 0 saturated carbocycles. The Bertz CT molecular complexity index is 797. The van der Waals surface area contributed by atoms with Crippen molar-refractivity contribution in [2.24, 2.45) is 0 Å². The second kappa shape index (κ2) is 6.86. The van der Waals surface area contributed by atoms with E-state index in [0.29, 0.717) is 12.2 Å². The van der Waals surface area contributed by atoms with Crippen molar-refractivity contribution in [1.29, 1.82) is 0 Å². The molecular formula is C20H25N3O2. The fourth-order valence-electron chi connectivity index (χ4n) is 3.41. The molecule has 4 N–H and O–H groups in total. The minimum Gasteiger partial charge on any atom is -0.507 e. The average Bonchev–Trinajstić information content (AvgIpc) is 3.04. The van der Waals surface area contributed by atoms with E-state index in [9.17, 15) is 9.90 Å². The monoisotopic (exact) mass is 339 g/mol. The van der Waals surface area contributed by atoms with Gasteiger partial charge in [-0.15, -0.1) is 0 Å². The number of hydrazine groups is 1. The number of amides is 1. The van der Waals surface area contributed by atoms with Crippen LogP contribution in [0.3, 0.4) is 0 Å². The number of anilines is 1. The lowest BCUT2D eigenvalue weighted by molar-refractivity contribution is -0.117. The molecule has 2 atom stereocenters. The van der Waals surface area contributed by atoms with Crippen molar-refractivity contribution in [2.45, 2.75) is 46.2 Å². The SMILES string of the molecule is Cc1cc(C)c(O)c(C2CC(C(=O)Nc3c(C)cccc3C)NN2)c1. The smallest absolute Gasteiger partial charge is 0.242 e. The van der Waals surface area contributed by atoms with Crippen LogP contribution in [-0.4, -0.2) is 17.1 Å². The lowest BCUT2D eigenvalue weighted by Gasteiger charge is -2.15. The van der Waals surface area contributed by atoms with E-state index in [2.05, 4.69) is 16.2 Å². The van der Waals surface area contributed by atoms with Crippen molar-refractivity contribution < 1.29 is 9.90 Å². The van der Waals surface area contributed by atoms with E-state index in [0.717, 1.165) is 33.5 Å². The van der Waals surface area contributed by atoms with Crippen LogP contribution in [0, 0.1) is 27.7 Å². The highest BCUT2D eigenvalue weighted by Gasteiger charge is 2.32. The van der Waals surface area contributed by atoms with E-state index in [-0.39, 0.29) is 18.0 Å². The van der Waals surface area contributed by atoms with Crippen molar-refractivity contribution in [2.75, 3.05) is 5.32 Å². The first-order valence-electron chi connectivity index (χ1n) is 8.55. The lowest BCUT2D eigenvalue weighted by atomic mass is 9.96. The van der Waals surface area contributed by atoms with Crippen molar-refractivity contribution in [3.05, 3.63) is 58.1 Å². The van der Waals surface area contributed by atoms with Gasteiger partial charge in [0.25, 0.3) is 0 Å². The molecule has 0 bridgehead atoms. The molecule has 5 heteroatoms. The van der Waals surface area contributed by atoms with Gasteiger partial charge in [-0.2, -0.15) is 0 Å². The quantitative estimate of drug-likeness (QED) is 0.693. The minimum atomic E-state index is -0.357. The molecule has 3 rings (SSSR count). The molecule has 0 aliphatic carbocycles. The zero-order valence-electron chi connectivity index (χ0n) is 15.1. The maximum Gasteiger partial charge on any atom is 0.242 e. The molecule has 1 aliphatic heterocycles. The predicted octanol–water partition coefficient (Wildman–Crippen LogP) is 3.17. The van der Waals surface area contributed by atoms with Crippen LogP contribution in [0.4, 0.5) is 5.69 Å². The third-order valence-corrected chi connectivity index (χ3v) is 4.80. The van der Waals surface area contributed by atoms with Crippen LogP contribution in [0.5, 0.6) is 5.75 Å². The molecule has 132 valence electrons. The number of hydrogen-bond donors (Lipinski definition) is 4. The second-order valence-corrected chi connectivity index (χ2v) is 6.91. The van der Waals surface area contributed by atoms with E-state index >= 15 is 0 Å². The molecule has 1 aliphatic rings. The Morgan fingerprint density at radius 1 is 1.08 bits per heavy atom. The number of benzene rings is 2. The molecule has 1 heterocycles. The third-order valence-electron chi connectivity index (χ3n) is 4.80. The average molecular weight is 339 g/mol. The normalized spacial score (nSPS) is 19.8. The Hall–Kier alpha value is -2.37. The summed E-state index contributed by atoms with van der Waals surface area (Å²) in [5.41, 5.74) is 11.9. The Morgan fingerprint density at radius 2 is 1.76 bits per heavy atom. The number of carbonyl (C=O) groups excluding carboxylic acids is 1. The van der Waals surface area contributed by atoms with Crippen LogP contribution in [0.2, 0.25) is 0 Å². The van der Waals surface area contributed by atoms with Crippen LogP contribution >= 0.6 is 0 Å². The molecule has 0 radical (unpaired) electrons. The van der Waals surface area contributed by atoms with Gasteiger partial charge in [0.2, 0.25) is 5.91 Å². The number of aromatic hydroxyl groups is 1. The molecule has 2 aromatic rings. The maximum atomic E-state index is 12.6. The number of para-hydroxylation sites is 1. The van der Waals surface area contributed by atoms with Crippen molar-refractivity contribution in [1.82, 2.24) is 10.9 Å². The van der Waals surface area contributed by atoms with Gasteiger partial charge >= 0.3 is 0 Å². The summed E-state index contributed by atoms with van der Waals surface area (Å²) in [5, 5.41) is 13.4. The molecule has 0 aromatic heterocycles. The highest BCUT2D eigenvalue weighted by Crippen LogP contribution is 2.33. The zero-order valence-corrected chi connectivity index (χ0v) is 15.1. The second-order valence-electron chi connectivity index (χ2n) is 6.91. The molecule has 25 heavy (non-hydrogen) atoms. The maximum absolute atomic E-state index is 12.6. The van der Waals surface area contributed by atoms with Gasteiger partial charge in [0.05, 0.1) is 6.04 Å². The lowest BCUT2D eigenvalue weighted by Crippen LogP contribution is -2.39. The standard InChI is InChI=1S/C20H25N3O2/c1-11-8-14(4)19(24)15(9-11)16-10-17(23-22-16)20(25)21-18-12(2)6-5-7-13(18)3/h5-9,16-17,22-24H,10H2,1-4H3,(H,21,25). The summed E-state index contributed by atoms with van der Waals surface area (Å²) >= 11 is 0. The van der Waals surface area contributed by atoms with Gasteiger partial charge in [0.1, 0.15) is 11.8 Å². The van der Waals surface area contributed by atoms with Crippen molar-refractivity contribution >= 4 is 11.6 Å². The topological polar surface area (TPSA) is 73.4 Å². The van der Waals surface area contributed by atoms with Gasteiger partial charge in [-0.3, -0.25) is 4.79 Å². The summed E-state index contributed by atoms with van der Waals surface area (Å²) in [4.78, 5) is 12.6. The number of phenols is 1. The minimum absolute atomic E-state index is 0.0729. The predicted molar refractivity (Wildman–Crippen MR) is 99.5 cm³/mol. The number of carbonyl (C=O) groups is 1. The number of aryl methyl sites for hydroxylation is 4. The van der Waals surface area contributed by atoms with Gasteiger partial charge < -0.3 is 10.4 Å². The summed E-state index contributed by atoms with van der Waals surface area (Å²) in [7, 11) is 0. The first-order valence-corrected chi connectivity index (χ1v) is 8.55. The van der Waals surface area contributed by atoms with E-state index < -0.39 is 0 Å². The van der Waals surface area contributed by atoms with Crippen molar-refractivity contribution in [3.63, 3.8) is 0 Å². The van der Waals surface area contributed by atoms with Crippen LogP contribution in [0.1, 0.15) is 40.3 Å². The molecular weight excluding hydrogens is 314 g/mol. The Balaban J connectivity index is 1.74. The summed E-state index contributed by atoms with van der Waals surface area (Å²) < 4.78 is 0. The molecule has 1 amide bonds. The third kappa shape index (κ3) is 3.52. The highest BCUT2D eigenvalue weighted by atomic mass is 16.3. The molecule has 0 spiro atoms. The summed E-state index contributed by atoms with van der Waals surface area (Å²) in [6.45, 7) is 7.86. The first-order chi connectivity index (χ1) is 11.9. The van der Waals surface area contributed by atoms with E-state index in [1.165, 1.54) is 0 Å². The summed E-state index contributed by atoms with van der Waals surface area (Å²) in [6, 6.07) is 9.41. The Labute approximate surface area is 148 Å². The summed E-state index contributed by atoms with van der Waals surface area (Å²) in [6.07, 6.45) is 0.577. The number of phenolic OH excluding ortho intramolecular Hbond substituents is 1. The fraction of sp³-hybridized carbons (Fsp3) is 0.350. The van der Waals surface area contributed by atoms with Crippen LogP contribution in [0.25, 0.3) is 0 Å². The van der Waals surface area contributed by atoms with Crippen molar-refractivity contribution in [3.8, 4) is 5.75 Å². The Kier molecular flexibility index (Phi) is 4.79. The number of hydrogen-bond acceptors (Lipinski definition) is 4. The highest BCUT2D eigenvalue weighted by molar-refractivity contribution is 5.96.